The fourth-order valence-corrected chi connectivity index (χ4v) is 2.83. The topological polar surface area (TPSA) is 37.8 Å². The molecule has 0 amide bonds. The van der Waals surface area contributed by atoms with Gasteiger partial charge in [-0.05, 0) is 35.2 Å². The maximum Gasteiger partial charge on any atom is 0.416 e. The van der Waals surface area contributed by atoms with E-state index < -0.39 is 11.7 Å². The Morgan fingerprint density at radius 2 is 1.54 bits per heavy atom. The summed E-state index contributed by atoms with van der Waals surface area (Å²) in [6, 6.07) is 14.2. The molecule has 0 fully saturated rings. The molecule has 3 aromatic rings. The highest BCUT2D eigenvalue weighted by atomic mass is 35.5. The largest absolute Gasteiger partial charge is 0.416 e. The van der Waals surface area contributed by atoms with Gasteiger partial charge in [0.05, 0.1) is 5.56 Å². The van der Waals surface area contributed by atoms with Crippen molar-refractivity contribution >= 4 is 23.1 Å². The molecule has 0 saturated heterocycles. The van der Waals surface area contributed by atoms with E-state index in [1.54, 1.807) is 0 Å². The SMILES string of the molecule is CC(C)(C)c1ccc(Nc2cc(Cl)nc(-c3cccc(C(F)(F)F)c3)n2)cc1. The van der Waals surface area contributed by atoms with E-state index in [2.05, 4.69) is 36.1 Å². The Hall–Kier alpha value is -2.60. The molecule has 0 unspecified atom stereocenters. The standard InChI is InChI=1S/C21H19ClF3N3/c1-20(2,3)14-7-9-16(10-8-14)26-18-12-17(22)27-19(28-18)13-5-4-6-15(11-13)21(23,24)25/h4-12H,1-3H3,(H,26,27,28). The Labute approximate surface area is 166 Å². The summed E-state index contributed by atoms with van der Waals surface area (Å²) in [7, 11) is 0. The molecule has 0 aliphatic heterocycles. The summed E-state index contributed by atoms with van der Waals surface area (Å²) in [5.74, 6) is 0.517. The number of aromatic nitrogens is 2. The number of nitrogens with zero attached hydrogens (tertiary/aromatic N) is 2. The Morgan fingerprint density at radius 1 is 0.857 bits per heavy atom. The van der Waals surface area contributed by atoms with Gasteiger partial charge in [-0.2, -0.15) is 13.2 Å². The Kier molecular flexibility index (Phi) is 5.35. The first kappa shape index (κ1) is 20.1. The molecule has 7 heteroatoms. The van der Waals surface area contributed by atoms with Gasteiger partial charge in [-0.1, -0.05) is 56.6 Å². The molecule has 0 spiro atoms. The second kappa shape index (κ2) is 7.43. The van der Waals surface area contributed by atoms with Crippen LogP contribution in [0.5, 0.6) is 0 Å². The maximum absolute atomic E-state index is 13.0. The minimum atomic E-state index is -4.44. The number of anilines is 2. The lowest BCUT2D eigenvalue weighted by molar-refractivity contribution is -0.137. The summed E-state index contributed by atoms with van der Waals surface area (Å²) >= 11 is 6.07. The van der Waals surface area contributed by atoms with Gasteiger partial charge in [-0.3, -0.25) is 0 Å². The van der Waals surface area contributed by atoms with Crippen LogP contribution in [0.15, 0.2) is 54.6 Å². The van der Waals surface area contributed by atoms with Crippen LogP contribution in [-0.2, 0) is 11.6 Å². The highest BCUT2D eigenvalue weighted by molar-refractivity contribution is 6.29. The number of hydrogen-bond acceptors (Lipinski definition) is 3. The first-order valence-corrected chi connectivity index (χ1v) is 9.00. The van der Waals surface area contributed by atoms with Crippen LogP contribution in [0.4, 0.5) is 24.7 Å². The fourth-order valence-electron chi connectivity index (χ4n) is 2.65. The van der Waals surface area contributed by atoms with E-state index in [1.165, 1.54) is 23.8 Å². The van der Waals surface area contributed by atoms with Crippen molar-refractivity contribution in [2.45, 2.75) is 32.4 Å². The fraction of sp³-hybridized carbons (Fsp3) is 0.238. The molecule has 1 aromatic heterocycles. The number of rotatable bonds is 3. The van der Waals surface area contributed by atoms with Crippen molar-refractivity contribution in [3.05, 3.63) is 70.9 Å². The Bertz CT molecular complexity index is 977. The van der Waals surface area contributed by atoms with Crippen molar-refractivity contribution in [3.8, 4) is 11.4 Å². The van der Waals surface area contributed by atoms with Gasteiger partial charge >= 0.3 is 6.18 Å². The molecular weight excluding hydrogens is 387 g/mol. The Balaban J connectivity index is 1.90. The molecule has 146 valence electrons. The highest BCUT2D eigenvalue weighted by Gasteiger charge is 2.30. The minimum absolute atomic E-state index is 0.0351. The average Bonchev–Trinajstić information content (AvgIpc) is 2.60. The van der Waals surface area contributed by atoms with Crippen molar-refractivity contribution in [2.75, 3.05) is 5.32 Å². The molecule has 28 heavy (non-hydrogen) atoms. The second-order valence-corrected chi connectivity index (χ2v) is 7.82. The third-order valence-corrected chi connectivity index (χ3v) is 4.36. The van der Waals surface area contributed by atoms with Crippen LogP contribution in [0.25, 0.3) is 11.4 Å². The van der Waals surface area contributed by atoms with E-state index in [0.717, 1.165) is 17.8 Å². The lowest BCUT2D eigenvalue weighted by Gasteiger charge is -2.19. The van der Waals surface area contributed by atoms with Gasteiger partial charge in [0, 0.05) is 17.3 Å². The molecule has 0 saturated carbocycles. The molecule has 0 aliphatic rings. The van der Waals surface area contributed by atoms with Crippen LogP contribution in [0.2, 0.25) is 5.15 Å². The number of alkyl halides is 3. The summed E-state index contributed by atoms with van der Waals surface area (Å²) in [5.41, 5.74) is 1.48. The summed E-state index contributed by atoms with van der Waals surface area (Å²) in [5, 5.41) is 3.26. The van der Waals surface area contributed by atoms with Gasteiger partial charge in [0.15, 0.2) is 5.82 Å². The average molecular weight is 406 g/mol. The van der Waals surface area contributed by atoms with E-state index in [1.807, 2.05) is 24.3 Å². The van der Waals surface area contributed by atoms with E-state index in [-0.39, 0.29) is 22.0 Å². The smallest absolute Gasteiger partial charge is 0.340 e. The number of nitrogens with one attached hydrogen (secondary N) is 1. The van der Waals surface area contributed by atoms with Crippen molar-refractivity contribution in [2.24, 2.45) is 0 Å². The predicted octanol–water partition coefficient (Wildman–Crippen LogP) is 6.86. The molecular formula is C21H19ClF3N3. The lowest BCUT2D eigenvalue weighted by atomic mass is 9.87. The van der Waals surface area contributed by atoms with Crippen molar-refractivity contribution < 1.29 is 13.2 Å². The minimum Gasteiger partial charge on any atom is -0.340 e. The van der Waals surface area contributed by atoms with E-state index in [9.17, 15) is 13.2 Å². The molecule has 0 bridgehead atoms. The third-order valence-electron chi connectivity index (χ3n) is 4.17. The van der Waals surface area contributed by atoms with Crippen LogP contribution in [0.1, 0.15) is 31.9 Å². The van der Waals surface area contributed by atoms with Crippen LogP contribution in [0, 0.1) is 0 Å². The second-order valence-electron chi connectivity index (χ2n) is 7.43. The van der Waals surface area contributed by atoms with Crippen molar-refractivity contribution in [1.29, 1.82) is 0 Å². The van der Waals surface area contributed by atoms with Crippen LogP contribution >= 0.6 is 11.6 Å². The zero-order valence-corrected chi connectivity index (χ0v) is 16.4. The predicted molar refractivity (Wildman–Crippen MR) is 106 cm³/mol. The van der Waals surface area contributed by atoms with Crippen molar-refractivity contribution in [3.63, 3.8) is 0 Å². The van der Waals surface area contributed by atoms with Gasteiger partial charge in [0.25, 0.3) is 0 Å². The van der Waals surface area contributed by atoms with E-state index >= 15 is 0 Å². The van der Waals surface area contributed by atoms with Crippen LogP contribution < -0.4 is 5.32 Å². The molecule has 3 nitrogen and oxygen atoms in total. The third kappa shape index (κ3) is 4.81. The van der Waals surface area contributed by atoms with Crippen molar-refractivity contribution in [1.82, 2.24) is 9.97 Å². The Morgan fingerprint density at radius 3 is 2.14 bits per heavy atom. The van der Waals surface area contributed by atoms with Crippen LogP contribution in [0.3, 0.4) is 0 Å². The van der Waals surface area contributed by atoms with E-state index in [4.69, 9.17) is 11.6 Å². The quantitative estimate of drug-likeness (QED) is 0.484. The number of hydrogen-bond donors (Lipinski definition) is 1. The van der Waals surface area contributed by atoms with Crippen LogP contribution in [-0.4, -0.2) is 9.97 Å². The van der Waals surface area contributed by atoms with E-state index in [0.29, 0.717) is 5.82 Å². The molecule has 0 radical (unpaired) electrons. The summed E-state index contributed by atoms with van der Waals surface area (Å²) in [6.07, 6.45) is -4.44. The lowest BCUT2D eigenvalue weighted by Crippen LogP contribution is -2.10. The zero-order valence-electron chi connectivity index (χ0n) is 15.6. The molecule has 2 aromatic carbocycles. The van der Waals surface area contributed by atoms with Gasteiger partial charge in [-0.25, -0.2) is 9.97 Å². The summed E-state index contributed by atoms with van der Waals surface area (Å²) < 4.78 is 38.9. The normalized spacial score (nSPS) is 12.1. The molecule has 0 aliphatic carbocycles. The van der Waals surface area contributed by atoms with Gasteiger partial charge < -0.3 is 5.32 Å². The first-order chi connectivity index (χ1) is 13.0. The highest BCUT2D eigenvalue weighted by Crippen LogP contribution is 2.32. The van der Waals surface area contributed by atoms with Gasteiger partial charge in [0.1, 0.15) is 11.0 Å². The molecule has 1 N–H and O–H groups in total. The zero-order chi connectivity index (χ0) is 20.5. The number of halogens is 4. The molecule has 1 heterocycles. The number of benzene rings is 2. The molecule has 0 atom stereocenters. The summed E-state index contributed by atoms with van der Waals surface area (Å²) in [6.45, 7) is 6.38. The van der Waals surface area contributed by atoms with Gasteiger partial charge in [-0.15, -0.1) is 0 Å². The monoisotopic (exact) mass is 405 g/mol. The molecule has 3 rings (SSSR count). The maximum atomic E-state index is 13.0. The summed E-state index contributed by atoms with van der Waals surface area (Å²) in [4.78, 5) is 8.38. The van der Waals surface area contributed by atoms with Gasteiger partial charge in [0.2, 0.25) is 0 Å². The first-order valence-electron chi connectivity index (χ1n) is 8.62.